The molecular formula is C26H37F2NO2Si. The van der Waals surface area contributed by atoms with Gasteiger partial charge >= 0.3 is 0 Å². The molecule has 2 aromatic carbocycles. The van der Waals surface area contributed by atoms with E-state index in [9.17, 15) is 9.50 Å². The van der Waals surface area contributed by atoms with E-state index in [0.717, 1.165) is 0 Å². The highest BCUT2D eigenvalue weighted by Crippen LogP contribution is 2.44. The van der Waals surface area contributed by atoms with Crippen LogP contribution in [0.25, 0.3) is 0 Å². The Balaban J connectivity index is 1.84. The standard InChI is InChI=1S/C26H37F2NO2Si/c1-18(2)32(19(3)4,20(5)6)31-24-12-8-11-23(25(24)28)29-15-13-26(30,14-16-29)21-9-7-10-22(27)17-21/h7-12,17-20,30H,13-16H2,1-6H3. The maximum absolute atomic E-state index is 15.7. The first-order chi connectivity index (χ1) is 15.0. The Morgan fingerprint density at radius 2 is 1.47 bits per heavy atom. The number of nitrogens with zero attached hydrogens (tertiary/aromatic N) is 1. The van der Waals surface area contributed by atoms with Crippen LogP contribution in [-0.2, 0) is 5.60 Å². The van der Waals surface area contributed by atoms with Crippen molar-refractivity contribution in [2.75, 3.05) is 18.0 Å². The van der Waals surface area contributed by atoms with E-state index in [-0.39, 0.29) is 11.6 Å². The number of anilines is 1. The summed E-state index contributed by atoms with van der Waals surface area (Å²) in [5, 5.41) is 11.1. The predicted octanol–water partition coefficient (Wildman–Crippen LogP) is 7.01. The van der Waals surface area contributed by atoms with Gasteiger partial charge in [-0.25, -0.2) is 8.78 Å². The molecule has 0 amide bonds. The molecule has 32 heavy (non-hydrogen) atoms. The zero-order valence-corrected chi connectivity index (χ0v) is 21.2. The fourth-order valence-electron chi connectivity index (χ4n) is 5.55. The molecule has 0 aromatic heterocycles. The first-order valence-corrected chi connectivity index (χ1v) is 13.9. The second-order valence-corrected chi connectivity index (χ2v) is 15.4. The summed E-state index contributed by atoms with van der Waals surface area (Å²) in [6.45, 7) is 14.1. The number of benzene rings is 2. The molecule has 1 fully saturated rings. The van der Waals surface area contributed by atoms with Gasteiger partial charge in [-0.1, -0.05) is 59.7 Å². The van der Waals surface area contributed by atoms with E-state index < -0.39 is 13.9 Å². The Morgan fingerprint density at radius 3 is 2.00 bits per heavy atom. The van der Waals surface area contributed by atoms with Gasteiger partial charge in [-0.3, -0.25) is 0 Å². The third-order valence-electron chi connectivity index (χ3n) is 7.23. The quantitative estimate of drug-likeness (QED) is 0.450. The lowest BCUT2D eigenvalue weighted by Gasteiger charge is -2.43. The lowest BCUT2D eigenvalue weighted by molar-refractivity contribution is 0.0114. The van der Waals surface area contributed by atoms with Crippen LogP contribution >= 0.6 is 0 Å². The second-order valence-electron chi connectivity index (χ2n) is 10.0. The first kappa shape index (κ1) is 24.7. The maximum atomic E-state index is 15.7. The molecule has 176 valence electrons. The normalized spacial score (nSPS) is 16.8. The van der Waals surface area contributed by atoms with Crippen molar-refractivity contribution in [3.05, 3.63) is 59.7 Å². The van der Waals surface area contributed by atoms with Crippen LogP contribution in [0.3, 0.4) is 0 Å². The van der Waals surface area contributed by atoms with E-state index >= 15 is 4.39 Å². The van der Waals surface area contributed by atoms with Crippen LogP contribution in [0.4, 0.5) is 14.5 Å². The molecule has 1 aliphatic rings. The molecule has 0 radical (unpaired) electrons. The fourth-order valence-corrected chi connectivity index (χ4v) is 10.8. The van der Waals surface area contributed by atoms with Crippen molar-refractivity contribution in [3.8, 4) is 5.75 Å². The van der Waals surface area contributed by atoms with Crippen molar-refractivity contribution in [2.24, 2.45) is 0 Å². The van der Waals surface area contributed by atoms with E-state index in [0.29, 0.717) is 59.6 Å². The van der Waals surface area contributed by atoms with Crippen molar-refractivity contribution in [3.63, 3.8) is 0 Å². The largest absolute Gasteiger partial charge is 0.541 e. The molecule has 1 N–H and O–H groups in total. The minimum Gasteiger partial charge on any atom is -0.541 e. The van der Waals surface area contributed by atoms with Gasteiger partial charge in [0, 0.05) is 13.1 Å². The Labute approximate surface area is 192 Å². The maximum Gasteiger partial charge on any atom is 0.258 e. The van der Waals surface area contributed by atoms with Crippen molar-refractivity contribution in [2.45, 2.75) is 76.6 Å². The SMILES string of the molecule is CC(C)[Si](Oc1cccc(N2CCC(O)(c3cccc(F)c3)CC2)c1F)(C(C)C)C(C)C. The molecule has 3 nitrogen and oxygen atoms in total. The number of hydrogen-bond donors (Lipinski definition) is 1. The Bertz CT molecular complexity index is 902. The zero-order chi connectivity index (χ0) is 23.7. The van der Waals surface area contributed by atoms with E-state index in [1.807, 2.05) is 11.0 Å². The second kappa shape index (κ2) is 9.52. The molecule has 1 heterocycles. The van der Waals surface area contributed by atoms with Crippen molar-refractivity contribution in [1.29, 1.82) is 0 Å². The molecule has 0 aliphatic carbocycles. The minimum absolute atomic E-state index is 0.330. The molecule has 0 atom stereocenters. The molecule has 0 unspecified atom stereocenters. The van der Waals surface area contributed by atoms with Crippen LogP contribution in [0, 0.1) is 11.6 Å². The van der Waals surface area contributed by atoms with Crippen molar-refractivity contribution in [1.82, 2.24) is 0 Å². The molecule has 1 aliphatic heterocycles. The van der Waals surface area contributed by atoms with Crippen LogP contribution in [0.5, 0.6) is 5.75 Å². The summed E-state index contributed by atoms with van der Waals surface area (Å²) in [7, 11) is -2.28. The first-order valence-electron chi connectivity index (χ1n) is 11.7. The average Bonchev–Trinajstić information content (AvgIpc) is 2.73. The molecule has 6 heteroatoms. The van der Waals surface area contributed by atoms with Crippen LogP contribution < -0.4 is 9.33 Å². The molecule has 0 spiro atoms. The summed E-state index contributed by atoms with van der Waals surface area (Å²) in [5.74, 6) is -0.360. The summed E-state index contributed by atoms with van der Waals surface area (Å²) >= 11 is 0. The summed E-state index contributed by atoms with van der Waals surface area (Å²) in [4.78, 5) is 1.96. The highest BCUT2D eigenvalue weighted by atomic mass is 28.4. The number of rotatable bonds is 7. The minimum atomic E-state index is -2.28. The summed E-state index contributed by atoms with van der Waals surface area (Å²) in [6.07, 6.45) is 0.813. The van der Waals surface area contributed by atoms with Gasteiger partial charge in [0.2, 0.25) is 0 Å². The van der Waals surface area contributed by atoms with E-state index in [2.05, 4.69) is 41.5 Å². The topological polar surface area (TPSA) is 32.7 Å². The highest BCUT2D eigenvalue weighted by molar-refractivity contribution is 6.78. The van der Waals surface area contributed by atoms with E-state index in [1.54, 1.807) is 24.3 Å². The predicted molar refractivity (Wildman–Crippen MR) is 130 cm³/mol. The summed E-state index contributed by atoms with van der Waals surface area (Å²) < 4.78 is 36.0. The van der Waals surface area contributed by atoms with Gasteiger partial charge in [0.05, 0.1) is 11.3 Å². The van der Waals surface area contributed by atoms with Gasteiger partial charge in [0.1, 0.15) is 11.6 Å². The average molecular weight is 462 g/mol. The lowest BCUT2D eigenvalue weighted by atomic mass is 9.84. The van der Waals surface area contributed by atoms with Crippen LogP contribution in [-0.4, -0.2) is 26.5 Å². The molecule has 3 rings (SSSR count). The van der Waals surface area contributed by atoms with Gasteiger partial charge in [-0.05, 0) is 59.3 Å². The van der Waals surface area contributed by atoms with Crippen LogP contribution in [0.2, 0.25) is 16.6 Å². The number of hydrogen-bond acceptors (Lipinski definition) is 3. The zero-order valence-electron chi connectivity index (χ0n) is 20.2. The van der Waals surface area contributed by atoms with Crippen LogP contribution in [0.15, 0.2) is 42.5 Å². The number of halogens is 2. The van der Waals surface area contributed by atoms with Crippen LogP contribution in [0.1, 0.15) is 59.9 Å². The van der Waals surface area contributed by atoms with E-state index in [4.69, 9.17) is 4.43 Å². The molecule has 0 saturated carbocycles. The van der Waals surface area contributed by atoms with Crippen molar-refractivity contribution >= 4 is 14.0 Å². The Morgan fingerprint density at radius 1 is 0.906 bits per heavy atom. The molecule has 0 bridgehead atoms. The monoisotopic (exact) mass is 461 g/mol. The van der Waals surface area contributed by atoms with Gasteiger partial charge in [-0.15, -0.1) is 0 Å². The number of piperidine rings is 1. The van der Waals surface area contributed by atoms with Crippen molar-refractivity contribution < 1.29 is 18.3 Å². The van der Waals surface area contributed by atoms with Gasteiger partial charge in [0.15, 0.2) is 5.82 Å². The molecule has 1 saturated heterocycles. The highest BCUT2D eigenvalue weighted by Gasteiger charge is 2.47. The van der Waals surface area contributed by atoms with Gasteiger partial charge in [0.25, 0.3) is 8.32 Å². The third-order valence-corrected chi connectivity index (χ3v) is 13.2. The Kier molecular flexibility index (Phi) is 7.35. The summed E-state index contributed by atoms with van der Waals surface area (Å²) in [5.41, 5.74) is 1.03. The van der Waals surface area contributed by atoms with Gasteiger partial charge < -0.3 is 14.4 Å². The molecular weight excluding hydrogens is 424 g/mol. The fraction of sp³-hybridized carbons (Fsp3) is 0.538. The Hall–Kier alpha value is -1.92. The third kappa shape index (κ3) is 4.58. The summed E-state index contributed by atoms with van der Waals surface area (Å²) in [6, 6.07) is 11.5. The van der Waals surface area contributed by atoms with Gasteiger partial charge in [-0.2, -0.15) is 0 Å². The molecule has 2 aromatic rings. The smallest absolute Gasteiger partial charge is 0.258 e. The lowest BCUT2D eigenvalue weighted by Crippen LogP contribution is -2.51. The van der Waals surface area contributed by atoms with E-state index in [1.165, 1.54) is 12.1 Å². The number of aliphatic hydroxyl groups is 1.